The van der Waals surface area contributed by atoms with Crippen LogP contribution in [0, 0.1) is 10.1 Å². The highest BCUT2D eigenvalue weighted by atomic mass is 16.6. The number of amides is 1. The van der Waals surface area contributed by atoms with E-state index in [1.54, 1.807) is 25.3 Å². The van der Waals surface area contributed by atoms with E-state index < -0.39 is 4.92 Å². The van der Waals surface area contributed by atoms with Crippen molar-refractivity contribution in [1.82, 2.24) is 4.90 Å². The zero-order valence-corrected chi connectivity index (χ0v) is 16.5. The molecule has 0 saturated carbocycles. The molecule has 0 aromatic heterocycles. The Bertz CT molecular complexity index is 850. The number of hydrogen-bond acceptors (Lipinski definition) is 6. The highest BCUT2D eigenvalue weighted by Gasteiger charge is 2.21. The Morgan fingerprint density at radius 1 is 1.14 bits per heavy atom. The van der Waals surface area contributed by atoms with Crippen LogP contribution >= 0.6 is 0 Å². The van der Waals surface area contributed by atoms with Crippen molar-refractivity contribution in [2.45, 2.75) is 12.8 Å². The second-order valence-corrected chi connectivity index (χ2v) is 6.87. The molecule has 1 aliphatic heterocycles. The number of benzene rings is 2. The van der Waals surface area contributed by atoms with Crippen LogP contribution in [0.4, 0.5) is 17.1 Å². The molecule has 1 amide bonds. The molecule has 1 aliphatic rings. The van der Waals surface area contributed by atoms with Gasteiger partial charge in [0.1, 0.15) is 11.4 Å². The first kappa shape index (κ1) is 20.4. The van der Waals surface area contributed by atoms with E-state index in [0.717, 1.165) is 24.5 Å². The number of nitro groups is 1. The molecule has 154 valence electrons. The number of nitrogens with zero attached hydrogens (tertiary/aromatic N) is 3. The van der Waals surface area contributed by atoms with Gasteiger partial charge < -0.3 is 19.9 Å². The summed E-state index contributed by atoms with van der Waals surface area (Å²) in [5, 5.41) is 14.1. The Labute approximate surface area is 170 Å². The summed E-state index contributed by atoms with van der Waals surface area (Å²) in [4.78, 5) is 27.2. The maximum Gasteiger partial charge on any atom is 0.292 e. The van der Waals surface area contributed by atoms with Gasteiger partial charge in [0.15, 0.2) is 0 Å². The third-order valence-electron chi connectivity index (χ3n) is 5.03. The minimum absolute atomic E-state index is 0.0486. The van der Waals surface area contributed by atoms with Gasteiger partial charge in [-0.15, -0.1) is 0 Å². The van der Waals surface area contributed by atoms with Gasteiger partial charge in [-0.1, -0.05) is 18.2 Å². The van der Waals surface area contributed by atoms with Crippen molar-refractivity contribution in [3.8, 4) is 5.75 Å². The van der Waals surface area contributed by atoms with E-state index >= 15 is 0 Å². The van der Waals surface area contributed by atoms with E-state index in [1.807, 2.05) is 23.1 Å². The van der Waals surface area contributed by atoms with Crippen LogP contribution < -0.4 is 15.0 Å². The number of hydrogen-bond donors (Lipinski definition) is 1. The Morgan fingerprint density at radius 3 is 2.62 bits per heavy atom. The number of rotatable bonds is 8. The number of piperazine rings is 1. The SMILES string of the molecule is COc1cccc(N2CCN(C(=O)CCCNc3ccccc3[N+](=O)[O-])CC2)c1. The van der Waals surface area contributed by atoms with Gasteiger partial charge in [-0.3, -0.25) is 14.9 Å². The molecule has 1 fully saturated rings. The fourth-order valence-corrected chi connectivity index (χ4v) is 3.42. The van der Waals surface area contributed by atoms with E-state index in [9.17, 15) is 14.9 Å². The smallest absolute Gasteiger partial charge is 0.292 e. The van der Waals surface area contributed by atoms with Crippen LogP contribution in [0.2, 0.25) is 0 Å². The minimum atomic E-state index is -0.407. The normalized spacial score (nSPS) is 13.8. The minimum Gasteiger partial charge on any atom is -0.497 e. The summed E-state index contributed by atoms with van der Waals surface area (Å²) in [6, 6.07) is 14.5. The first-order valence-corrected chi connectivity index (χ1v) is 9.72. The molecule has 0 spiro atoms. The molecule has 1 saturated heterocycles. The maximum absolute atomic E-state index is 12.5. The summed E-state index contributed by atoms with van der Waals surface area (Å²) < 4.78 is 5.28. The standard InChI is InChI=1S/C21H26N4O4/c1-29-18-7-4-6-17(16-18)23-12-14-24(15-13-23)21(26)10-5-11-22-19-8-2-3-9-20(19)25(27)28/h2-4,6-9,16,22H,5,10-15H2,1H3. The molecule has 29 heavy (non-hydrogen) atoms. The molecule has 0 atom stereocenters. The number of ether oxygens (including phenoxy) is 1. The average Bonchev–Trinajstić information content (AvgIpc) is 2.77. The third-order valence-corrected chi connectivity index (χ3v) is 5.03. The van der Waals surface area contributed by atoms with E-state index in [0.29, 0.717) is 38.2 Å². The van der Waals surface area contributed by atoms with Gasteiger partial charge in [-0.05, 0) is 24.6 Å². The molecule has 2 aromatic carbocycles. The van der Waals surface area contributed by atoms with Crippen LogP contribution in [0.25, 0.3) is 0 Å². The van der Waals surface area contributed by atoms with Gasteiger partial charge in [-0.2, -0.15) is 0 Å². The Balaban J connectivity index is 1.42. The first-order valence-electron chi connectivity index (χ1n) is 9.72. The molecule has 0 aliphatic carbocycles. The quantitative estimate of drug-likeness (QED) is 0.418. The zero-order chi connectivity index (χ0) is 20.6. The largest absolute Gasteiger partial charge is 0.497 e. The van der Waals surface area contributed by atoms with Gasteiger partial charge in [0, 0.05) is 57.0 Å². The van der Waals surface area contributed by atoms with E-state index in [4.69, 9.17) is 4.74 Å². The van der Waals surface area contributed by atoms with Crippen molar-refractivity contribution >= 4 is 23.0 Å². The van der Waals surface area contributed by atoms with Crippen molar-refractivity contribution in [3.05, 3.63) is 58.6 Å². The molecule has 8 nitrogen and oxygen atoms in total. The van der Waals surface area contributed by atoms with Crippen LogP contribution in [0.3, 0.4) is 0 Å². The highest BCUT2D eigenvalue weighted by molar-refractivity contribution is 5.76. The third kappa shape index (κ3) is 5.37. The monoisotopic (exact) mass is 398 g/mol. The average molecular weight is 398 g/mol. The lowest BCUT2D eigenvalue weighted by Gasteiger charge is -2.36. The van der Waals surface area contributed by atoms with Gasteiger partial charge in [-0.25, -0.2) is 0 Å². The summed E-state index contributed by atoms with van der Waals surface area (Å²) >= 11 is 0. The fourth-order valence-electron chi connectivity index (χ4n) is 3.42. The Morgan fingerprint density at radius 2 is 1.90 bits per heavy atom. The first-order chi connectivity index (χ1) is 14.1. The van der Waals surface area contributed by atoms with Crippen molar-refractivity contribution in [1.29, 1.82) is 0 Å². The van der Waals surface area contributed by atoms with E-state index in [1.165, 1.54) is 6.07 Å². The lowest BCUT2D eigenvalue weighted by Crippen LogP contribution is -2.48. The van der Waals surface area contributed by atoms with Crippen LogP contribution in [0.1, 0.15) is 12.8 Å². The van der Waals surface area contributed by atoms with Gasteiger partial charge in [0.2, 0.25) is 5.91 Å². The lowest BCUT2D eigenvalue weighted by atomic mass is 10.2. The molecular formula is C21H26N4O4. The molecule has 1 N–H and O–H groups in total. The molecule has 3 rings (SSSR count). The predicted molar refractivity (Wildman–Crippen MR) is 113 cm³/mol. The number of carbonyl (C=O) groups is 1. The van der Waals surface area contributed by atoms with Crippen molar-refractivity contribution in [2.75, 3.05) is 50.1 Å². The van der Waals surface area contributed by atoms with Crippen molar-refractivity contribution in [2.24, 2.45) is 0 Å². The number of anilines is 2. The summed E-state index contributed by atoms with van der Waals surface area (Å²) in [6.45, 7) is 3.46. The van der Waals surface area contributed by atoms with Gasteiger partial charge >= 0.3 is 0 Å². The number of nitro benzene ring substituents is 1. The van der Waals surface area contributed by atoms with Crippen molar-refractivity contribution < 1.29 is 14.5 Å². The van der Waals surface area contributed by atoms with Gasteiger partial charge in [0.05, 0.1) is 12.0 Å². The summed E-state index contributed by atoms with van der Waals surface area (Å²) in [5.41, 5.74) is 1.63. The summed E-state index contributed by atoms with van der Waals surface area (Å²) in [5.74, 6) is 0.951. The molecule has 0 unspecified atom stereocenters. The highest BCUT2D eigenvalue weighted by Crippen LogP contribution is 2.24. The van der Waals surface area contributed by atoms with E-state index in [2.05, 4.69) is 16.3 Å². The Hall–Kier alpha value is -3.29. The second kappa shape index (κ2) is 9.77. The number of nitrogens with one attached hydrogen (secondary N) is 1. The Kier molecular flexibility index (Phi) is 6.89. The molecule has 0 radical (unpaired) electrons. The maximum atomic E-state index is 12.5. The number of para-hydroxylation sites is 2. The summed E-state index contributed by atoms with van der Waals surface area (Å²) in [6.07, 6.45) is 1.05. The molecule has 1 heterocycles. The van der Waals surface area contributed by atoms with Crippen LogP contribution in [0.15, 0.2) is 48.5 Å². The number of carbonyl (C=O) groups excluding carboxylic acids is 1. The molecule has 2 aromatic rings. The molecular weight excluding hydrogens is 372 g/mol. The summed E-state index contributed by atoms with van der Waals surface area (Å²) in [7, 11) is 1.65. The van der Waals surface area contributed by atoms with Crippen LogP contribution in [-0.2, 0) is 4.79 Å². The lowest BCUT2D eigenvalue weighted by molar-refractivity contribution is -0.384. The van der Waals surface area contributed by atoms with Gasteiger partial charge in [0.25, 0.3) is 5.69 Å². The van der Waals surface area contributed by atoms with Crippen LogP contribution in [0.5, 0.6) is 5.75 Å². The molecule has 8 heteroatoms. The topological polar surface area (TPSA) is 88.0 Å². The van der Waals surface area contributed by atoms with E-state index in [-0.39, 0.29) is 11.6 Å². The second-order valence-electron chi connectivity index (χ2n) is 6.87. The zero-order valence-electron chi connectivity index (χ0n) is 16.5. The number of methoxy groups -OCH3 is 1. The van der Waals surface area contributed by atoms with Crippen molar-refractivity contribution in [3.63, 3.8) is 0 Å². The van der Waals surface area contributed by atoms with Crippen LogP contribution in [-0.4, -0.2) is 55.6 Å². The predicted octanol–water partition coefficient (Wildman–Crippen LogP) is 3.14. The molecule has 0 bridgehead atoms. The fraction of sp³-hybridized carbons (Fsp3) is 0.381.